The molecule has 0 heterocycles. The molecule has 0 saturated heterocycles. The maximum Gasteiger partial charge on any atom is 0.337 e. The largest absolute Gasteiger partial charge is 0.465 e. The predicted molar refractivity (Wildman–Crippen MR) is 85.5 cm³/mol. The number of nitrogens with zero attached hydrogens (tertiary/aromatic N) is 1. The molecule has 1 aromatic rings. The van der Waals surface area contributed by atoms with Crippen LogP contribution in [0.2, 0.25) is 0 Å². The number of nitriles is 1. The van der Waals surface area contributed by atoms with E-state index < -0.39 is 5.97 Å². The minimum absolute atomic E-state index is 0.0222. The second-order valence-corrected chi connectivity index (χ2v) is 5.34. The Morgan fingerprint density at radius 2 is 1.91 bits per heavy atom. The van der Waals surface area contributed by atoms with E-state index in [2.05, 4.69) is 15.4 Å². The molecule has 23 heavy (non-hydrogen) atoms. The van der Waals surface area contributed by atoms with E-state index in [-0.39, 0.29) is 17.5 Å². The fraction of sp³-hybridized carbons (Fsp3) is 0.353. The van der Waals surface area contributed by atoms with Crippen molar-refractivity contribution in [2.75, 3.05) is 12.4 Å². The molecule has 1 fully saturated rings. The van der Waals surface area contributed by atoms with Crippen LogP contribution in [0.15, 0.2) is 36.0 Å². The lowest BCUT2D eigenvalue weighted by atomic mass is 10.2. The first-order valence-corrected chi connectivity index (χ1v) is 7.50. The first-order valence-electron chi connectivity index (χ1n) is 7.50. The van der Waals surface area contributed by atoms with Crippen LogP contribution in [0.3, 0.4) is 0 Å². The van der Waals surface area contributed by atoms with Gasteiger partial charge in [0.25, 0.3) is 5.91 Å². The molecule has 0 spiro atoms. The van der Waals surface area contributed by atoms with Gasteiger partial charge in [0, 0.05) is 17.9 Å². The summed E-state index contributed by atoms with van der Waals surface area (Å²) in [5.41, 5.74) is 1.12. The van der Waals surface area contributed by atoms with E-state index in [1.54, 1.807) is 24.3 Å². The van der Waals surface area contributed by atoms with Crippen molar-refractivity contribution in [3.63, 3.8) is 0 Å². The Morgan fingerprint density at radius 1 is 1.26 bits per heavy atom. The monoisotopic (exact) mass is 313 g/mol. The number of hydrogen-bond donors (Lipinski definition) is 2. The number of anilines is 1. The highest BCUT2D eigenvalue weighted by Gasteiger charge is 2.19. The first-order chi connectivity index (χ1) is 11.1. The van der Waals surface area contributed by atoms with E-state index in [0.717, 1.165) is 25.7 Å². The van der Waals surface area contributed by atoms with Gasteiger partial charge in [-0.05, 0) is 37.1 Å². The van der Waals surface area contributed by atoms with Crippen LogP contribution >= 0.6 is 0 Å². The van der Waals surface area contributed by atoms with Crippen molar-refractivity contribution < 1.29 is 14.3 Å². The Kier molecular flexibility index (Phi) is 5.75. The lowest BCUT2D eigenvalue weighted by molar-refractivity contribution is -0.117. The fourth-order valence-corrected chi connectivity index (χ4v) is 2.46. The Morgan fingerprint density at radius 3 is 2.48 bits per heavy atom. The summed E-state index contributed by atoms with van der Waals surface area (Å²) in [4.78, 5) is 23.4. The van der Waals surface area contributed by atoms with Crippen LogP contribution < -0.4 is 10.6 Å². The van der Waals surface area contributed by atoms with Crippen LogP contribution in [-0.2, 0) is 9.53 Å². The Bertz CT molecular complexity index is 638. The first kappa shape index (κ1) is 16.6. The smallest absolute Gasteiger partial charge is 0.337 e. The highest BCUT2D eigenvalue weighted by Crippen LogP contribution is 2.18. The molecule has 0 aliphatic heterocycles. The highest BCUT2D eigenvalue weighted by molar-refractivity contribution is 5.97. The quantitative estimate of drug-likeness (QED) is 0.494. The van der Waals surface area contributed by atoms with E-state index >= 15 is 0 Å². The van der Waals surface area contributed by atoms with Crippen LogP contribution in [0, 0.1) is 11.3 Å². The summed E-state index contributed by atoms with van der Waals surface area (Å²) in [5.74, 6) is -0.779. The van der Waals surface area contributed by atoms with Gasteiger partial charge >= 0.3 is 5.97 Å². The van der Waals surface area contributed by atoms with Crippen LogP contribution in [0.4, 0.5) is 5.69 Å². The van der Waals surface area contributed by atoms with Gasteiger partial charge in [-0.2, -0.15) is 5.26 Å². The third kappa shape index (κ3) is 4.58. The topological polar surface area (TPSA) is 91.2 Å². The van der Waals surface area contributed by atoms with Crippen LogP contribution in [0.5, 0.6) is 0 Å². The number of esters is 1. The molecule has 0 bridgehead atoms. The summed E-state index contributed by atoms with van der Waals surface area (Å²) in [6.07, 6.45) is 5.53. The number of rotatable bonds is 5. The molecule has 1 aromatic carbocycles. The summed E-state index contributed by atoms with van der Waals surface area (Å²) in [6, 6.07) is 8.62. The Hall–Kier alpha value is -2.81. The molecule has 1 saturated carbocycles. The Balaban J connectivity index is 1.97. The molecular formula is C17H19N3O3. The maximum absolute atomic E-state index is 12.0. The second kappa shape index (κ2) is 7.99. The number of ether oxygens (including phenoxy) is 1. The van der Waals surface area contributed by atoms with E-state index in [9.17, 15) is 9.59 Å². The lowest BCUT2D eigenvalue weighted by Crippen LogP contribution is -2.33. The van der Waals surface area contributed by atoms with Crippen molar-refractivity contribution in [3.05, 3.63) is 41.6 Å². The molecular weight excluding hydrogens is 294 g/mol. The third-order valence-corrected chi connectivity index (χ3v) is 3.74. The molecule has 0 aromatic heterocycles. The zero-order valence-corrected chi connectivity index (χ0v) is 13.0. The fourth-order valence-electron chi connectivity index (χ4n) is 2.46. The van der Waals surface area contributed by atoms with Gasteiger partial charge in [-0.3, -0.25) is 4.79 Å². The molecule has 1 amide bonds. The summed E-state index contributed by atoms with van der Waals surface area (Å²) in [6.45, 7) is 0. The van der Waals surface area contributed by atoms with Gasteiger partial charge < -0.3 is 15.4 Å². The molecule has 1 aliphatic carbocycles. The van der Waals surface area contributed by atoms with Crippen molar-refractivity contribution in [1.29, 1.82) is 5.26 Å². The Labute approximate surface area is 135 Å². The molecule has 2 N–H and O–H groups in total. The van der Waals surface area contributed by atoms with Gasteiger partial charge in [-0.1, -0.05) is 12.8 Å². The highest BCUT2D eigenvalue weighted by atomic mass is 16.5. The van der Waals surface area contributed by atoms with Crippen molar-refractivity contribution in [2.24, 2.45) is 0 Å². The average molecular weight is 313 g/mol. The van der Waals surface area contributed by atoms with Gasteiger partial charge in [0.1, 0.15) is 11.6 Å². The summed E-state index contributed by atoms with van der Waals surface area (Å²) >= 11 is 0. The van der Waals surface area contributed by atoms with Crippen molar-refractivity contribution in [3.8, 4) is 6.07 Å². The van der Waals surface area contributed by atoms with Crippen LogP contribution in [0.1, 0.15) is 36.0 Å². The van der Waals surface area contributed by atoms with Crippen molar-refractivity contribution in [1.82, 2.24) is 5.32 Å². The molecule has 0 unspecified atom stereocenters. The minimum atomic E-state index is -0.416. The predicted octanol–water partition coefficient (Wildman–Crippen LogP) is 2.35. The van der Waals surface area contributed by atoms with Gasteiger partial charge in [0.15, 0.2) is 0 Å². The molecule has 0 radical (unpaired) electrons. The zero-order chi connectivity index (χ0) is 16.7. The molecule has 1 aliphatic rings. The van der Waals surface area contributed by atoms with Gasteiger partial charge in [-0.15, -0.1) is 0 Å². The van der Waals surface area contributed by atoms with Crippen LogP contribution in [0.25, 0.3) is 0 Å². The van der Waals surface area contributed by atoms with Crippen molar-refractivity contribution >= 4 is 17.6 Å². The second-order valence-electron chi connectivity index (χ2n) is 5.34. The van der Waals surface area contributed by atoms with E-state index in [0.29, 0.717) is 11.3 Å². The van der Waals surface area contributed by atoms with E-state index in [1.807, 2.05) is 6.07 Å². The maximum atomic E-state index is 12.0. The number of carbonyl (C=O) groups is 2. The minimum Gasteiger partial charge on any atom is -0.465 e. The van der Waals surface area contributed by atoms with E-state index in [4.69, 9.17) is 5.26 Å². The summed E-state index contributed by atoms with van der Waals surface area (Å²) < 4.78 is 4.62. The SMILES string of the molecule is COC(=O)c1ccc(N/C=C(/C#N)C(=O)NC2CCCC2)cc1. The van der Waals surface area contributed by atoms with Gasteiger partial charge in [-0.25, -0.2) is 4.79 Å². The molecule has 0 atom stereocenters. The number of methoxy groups -OCH3 is 1. The van der Waals surface area contributed by atoms with Crippen molar-refractivity contribution in [2.45, 2.75) is 31.7 Å². The molecule has 2 rings (SSSR count). The number of hydrogen-bond acceptors (Lipinski definition) is 5. The lowest BCUT2D eigenvalue weighted by Gasteiger charge is -2.11. The standard InChI is InChI=1S/C17H19N3O3/c1-23-17(22)12-6-8-14(9-7-12)19-11-13(10-18)16(21)20-15-4-2-3-5-15/h6-9,11,15,19H,2-5H2,1H3,(H,20,21)/b13-11-. The molecule has 120 valence electrons. The zero-order valence-electron chi connectivity index (χ0n) is 13.0. The number of benzene rings is 1. The number of amides is 1. The number of nitrogens with one attached hydrogen (secondary N) is 2. The molecule has 6 heteroatoms. The van der Waals surface area contributed by atoms with Gasteiger partial charge in [0.05, 0.1) is 12.7 Å². The normalized spacial score (nSPS) is 14.9. The molecule has 6 nitrogen and oxygen atoms in total. The van der Waals surface area contributed by atoms with Gasteiger partial charge in [0.2, 0.25) is 0 Å². The van der Waals surface area contributed by atoms with Crippen LogP contribution in [-0.4, -0.2) is 25.0 Å². The third-order valence-electron chi connectivity index (χ3n) is 3.74. The van der Waals surface area contributed by atoms with E-state index in [1.165, 1.54) is 13.3 Å². The number of carbonyl (C=O) groups excluding carboxylic acids is 2. The average Bonchev–Trinajstić information content (AvgIpc) is 3.08. The summed E-state index contributed by atoms with van der Waals surface area (Å²) in [7, 11) is 1.32. The summed E-state index contributed by atoms with van der Waals surface area (Å²) in [5, 5.41) is 14.9.